The zero-order valence-electron chi connectivity index (χ0n) is 13.3. The molecule has 5 nitrogen and oxygen atoms in total. The fourth-order valence-corrected chi connectivity index (χ4v) is 4.38. The Kier molecular flexibility index (Phi) is 5.67. The summed E-state index contributed by atoms with van der Waals surface area (Å²) >= 11 is 7.80. The Morgan fingerprint density at radius 1 is 1.48 bits per heavy atom. The van der Waals surface area contributed by atoms with Crippen LogP contribution in [-0.4, -0.2) is 60.4 Å². The highest BCUT2D eigenvalue weighted by Gasteiger charge is 2.34. The second-order valence-electron chi connectivity index (χ2n) is 5.84. The number of hydrogen-bond donors (Lipinski definition) is 0. The number of aromatic nitrogens is 1. The average Bonchev–Trinajstić information content (AvgIpc) is 2.57. The molecule has 0 N–H and O–H groups in total. The average molecular weight is 356 g/mol. The molecule has 1 saturated heterocycles. The maximum absolute atomic E-state index is 12.3. The zero-order chi connectivity index (χ0) is 16.2. The van der Waals surface area contributed by atoms with Crippen molar-refractivity contribution >= 4 is 35.1 Å². The molecule has 3 rings (SSSR count). The van der Waals surface area contributed by atoms with E-state index in [0.29, 0.717) is 24.1 Å². The van der Waals surface area contributed by atoms with Gasteiger partial charge in [0.15, 0.2) is 0 Å². The van der Waals surface area contributed by atoms with Crippen LogP contribution < -0.4 is 4.90 Å². The minimum absolute atomic E-state index is 0.195. The summed E-state index contributed by atoms with van der Waals surface area (Å²) in [6.07, 6.45) is 3.17. The van der Waals surface area contributed by atoms with Gasteiger partial charge >= 0.3 is 0 Å². The third-order valence-corrected chi connectivity index (χ3v) is 5.52. The van der Waals surface area contributed by atoms with Crippen LogP contribution in [0.3, 0.4) is 0 Å². The van der Waals surface area contributed by atoms with Gasteiger partial charge in [0.05, 0.1) is 29.0 Å². The number of amides is 1. The first-order chi connectivity index (χ1) is 11.2. The normalized spacial score (nSPS) is 20.2. The Labute approximate surface area is 146 Å². The van der Waals surface area contributed by atoms with Crippen LogP contribution in [0.25, 0.3) is 0 Å². The Morgan fingerprint density at radius 3 is 3.17 bits per heavy atom. The summed E-state index contributed by atoms with van der Waals surface area (Å²) < 4.78 is 5.42. The number of carbonyl (C=O) groups is 1. The van der Waals surface area contributed by atoms with E-state index in [9.17, 15) is 4.79 Å². The molecule has 23 heavy (non-hydrogen) atoms. The molecule has 7 heteroatoms. The van der Waals surface area contributed by atoms with Crippen molar-refractivity contribution in [2.75, 3.05) is 43.5 Å². The van der Waals surface area contributed by atoms with E-state index in [1.165, 1.54) is 0 Å². The second kappa shape index (κ2) is 7.73. The van der Waals surface area contributed by atoms with Crippen molar-refractivity contribution in [3.05, 3.63) is 17.3 Å². The van der Waals surface area contributed by atoms with Gasteiger partial charge in [-0.25, -0.2) is 4.98 Å². The predicted octanol–water partition coefficient (Wildman–Crippen LogP) is 2.67. The van der Waals surface area contributed by atoms with E-state index < -0.39 is 0 Å². The van der Waals surface area contributed by atoms with Gasteiger partial charge in [-0.1, -0.05) is 18.5 Å². The molecule has 1 fully saturated rings. The topological polar surface area (TPSA) is 45.7 Å². The highest BCUT2D eigenvalue weighted by atomic mass is 35.5. The fraction of sp³-hybridized carbons (Fsp3) is 0.625. The summed E-state index contributed by atoms with van der Waals surface area (Å²) in [5, 5.41) is 0.676. The molecule has 0 unspecified atom stereocenters. The van der Waals surface area contributed by atoms with E-state index in [4.69, 9.17) is 16.3 Å². The van der Waals surface area contributed by atoms with Crippen LogP contribution in [0.1, 0.15) is 19.8 Å². The smallest absolute Gasteiger partial charge is 0.225 e. The van der Waals surface area contributed by atoms with Crippen molar-refractivity contribution in [2.45, 2.75) is 30.7 Å². The van der Waals surface area contributed by atoms with Gasteiger partial charge in [-0.05, 0) is 12.5 Å². The molecular formula is C16H22ClN3O2S. The van der Waals surface area contributed by atoms with Gasteiger partial charge in [-0.15, -0.1) is 11.8 Å². The first-order valence-corrected chi connectivity index (χ1v) is 9.46. The van der Waals surface area contributed by atoms with Crippen molar-refractivity contribution < 1.29 is 9.53 Å². The summed E-state index contributed by atoms with van der Waals surface area (Å²) in [5.41, 5.74) is 0. The van der Waals surface area contributed by atoms with Gasteiger partial charge in [0.2, 0.25) is 5.91 Å². The molecule has 2 aliphatic heterocycles. The van der Waals surface area contributed by atoms with Crippen LogP contribution in [0.2, 0.25) is 5.02 Å². The van der Waals surface area contributed by atoms with Crippen molar-refractivity contribution in [1.82, 2.24) is 9.88 Å². The lowest BCUT2D eigenvalue weighted by Gasteiger charge is -2.44. The number of piperazine rings is 1. The first kappa shape index (κ1) is 16.9. The monoisotopic (exact) mass is 355 g/mol. The minimum atomic E-state index is 0.195. The maximum Gasteiger partial charge on any atom is 0.225 e. The van der Waals surface area contributed by atoms with Gasteiger partial charge in [0.25, 0.3) is 0 Å². The molecule has 0 radical (unpaired) electrons. The van der Waals surface area contributed by atoms with Crippen LogP contribution in [-0.2, 0) is 9.53 Å². The van der Waals surface area contributed by atoms with E-state index in [1.54, 1.807) is 18.0 Å². The van der Waals surface area contributed by atoms with Crippen LogP contribution in [0.15, 0.2) is 17.2 Å². The number of thioether (sulfide) groups is 1. The molecule has 126 valence electrons. The summed E-state index contributed by atoms with van der Waals surface area (Å²) in [6, 6.07) is 2.31. The van der Waals surface area contributed by atoms with E-state index in [1.807, 2.05) is 11.0 Å². The molecule has 0 aromatic carbocycles. The maximum atomic E-state index is 12.3. The van der Waals surface area contributed by atoms with Crippen LogP contribution in [0.4, 0.5) is 5.82 Å². The molecule has 1 amide bonds. The number of carbonyl (C=O) groups excluding carboxylic acids is 1. The first-order valence-electron chi connectivity index (χ1n) is 8.09. The molecular weight excluding hydrogens is 334 g/mol. The number of anilines is 1. The Morgan fingerprint density at radius 2 is 2.35 bits per heavy atom. The quantitative estimate of drug-likeness (QED) is 0.760. The highest BCUT2D eigenvalue weighted by molar-refractivity contribution is 7.99. The zero-order valence-corrected chi connectivity index (χ0v) is 14.9. The van der Waals surface area contributed by atoms with E-state index >= 15 is 0 Å². The van der Waals surface area contributed by atoms with Gasteiger partial charge in [0, 0.05) is 38.2 Å². The number of halogens is 1. The largest absolute Gasteiger partial charge is 0.381 e. The molecule has 3 heterocycles. The van der Waals surface area contributed by atoms with E-state index in [2.05, 4.69) is 16.8 Å². The molecule has 0 aliphatic carbocycles. The summed E-state index contributed by atoms with van der Waals surface area (Å²) in [4.78, 5) is 22.2. The van der Waals surface area contributed by atoms with Gasteiger partial charge in [-0.3, -0.25) is 4.79 Å². The Balaban J connectivity index is 1.58. The van der Waals surface area contributed by atoms with E-state index in [0.717, 1.165) is 49.1 Å². The molecule has 1 aromatic rings. The van der Waals surface area contributed by atoms with Crippen LogP contribution >= 0.6 is 23.4 Å². The molecule has 1 aromatic heterocycles. The van der Waals surface area contributed by atoms with Crippen molar-refractivity contribution in [3.63, 3.8) is 0 Å². The van der Waals surface area contributed by atoms with Crippen LogP contribution in [0, 0.1) is 0 Å². The lowest BCUT2D eigenvalue weighted by molar-refractivity contribution is -0.133. The second-order valence-corrected chi connectivity index (χ2v) is 7.33. The van der Waals surface area contributed by atoms with E-state index in [-0.39, 0.29) is 5.91 Å². The third-order valence-electron chi connectivity index (χ3n) is 4.15. The molecule has 0 bridgehead atoms. The number of nitrogens with zero attached hydrogens (tertiary/aromatic N) is 3. The van der Waals surface area contributed by atoms with Crippen LogP contribution in [0.5, 0.6) is 0 Å². The van der Waals surface area contributed by atoms with Gasteiger partial charge < -0.3 is 14.5 Å². The Hall–Kier alpha value is -0.980. The lowest BCUT2D eigenvalue weighted by Crippen LogP contribution is -2.57. The minimum Gasteiger partial charge on any atom is -0.381 e. The van der Waals surface area contributed by atoms with Gasteiger partial charge in [-0.2, -0.15) is 0 Å². The summed E-state index contributed by atoms with van der Waals surface area (Å²) in [7, 11) is 0. The SMILES string of the molecule is CCCOCCC(=O)N1CCN2c3ncc(Cl)cc3SC[C@@H]2C1. The lowest BCUT2D eigenvalue weighted by atomic mass is 10.1. The number of rotatable bonds is 5. The van der Waals surface area contributed by atoms with Crippen molar-refractivity contribution in [3.8, 4) is 0 Å². The third kappa shape index (κ3) is 3.92. The molecule has 0 spiro atoms. The number of pyridine rings is 1. The Bertz CT molecular complexity index is 572. The standard InChI is InChI=1S/C16H22ClN3O2S/c1-2-6-22-7-3-15(21)19-4-5-20-13(10-19)11-23-14-8-12(17)9-18-16(14)20/h8-9,13H,2-7,10-11H2,1H3/t13-/m0/s1. The summed E-state index contributed by atoms with van der Waals surface area (Å²) in [5.74, 6) is 2.17. The fourth-order valence-electron chi connectivity index (χ4n) is 2.99. The number of fused-ring (bicyclic) bond motifs is 3. The van der Waals surface area contributed by atoms with Crippen molar-refractivity contribution in [2.24, 2.45) is 0 Å². The van der Waals surface area contributed by atoms with Crippen molar-refractivity contribution in [1.29, 1.82) is 0 Å². The number of hydrogen-bond acceptors (Lipinski definition) is 5. The predicted molar refractivity (Wildman–Crippen MR) is 93.4 cm³/mol. The molecule has 2 aliphatic rings. The molecule has 1 atom stereocenters. The number of ether oxygens (including phenoxy) is 1. The summed E-state index contributed by atoms with van der Waals surface area (Å²) in [6.45, 7) is 5.66. The van der Waals surface area contributed by atoms with Gasteiger partial charge in [0.1, 0.15) is 5.82 Å². The highest BCUT2D eigenvalue weighted by Crippen LogP contribution is 2.38. The molecule has 0 saturated carbocycles.